The minimum atomic E-state index is 0.583. The molecule has 1 rings (SSSR count). The van der Waals surface area contributed by atoms with Crippen molar-refractivity contribution < 1.29 is 4.74 Å². The van der Waals surface area contributed by atoms with Gasteiger partial charge in [-0.3, -0.25) is 0 Å². The van der Waals surface area contributed by atoms with E-state index in [-0.39, 0.29) is 0 Å². The van der Waals surface area contributed by atoms with Gasteiger partial charge in [-0.1, -0.05) is 0 Å². The topological polar surface area (TPSA) is 33.0 Å². The Morgan fingerprint density at radius 1 is 1.80 bits per heavy atom. The van der Waals surface area contributed by atoms with Crippen LogP contribution >= 0.6 is 27.3 Å². The molecule has 1 heterocycles. The highest BCUT2D eigenvalue weighted by Crippen LogP contribution is 2.34. The molecule has 2 nitrogen and oxygen atoms in total. The van der Waals surface area contributed by atoms with Crippen LogP contribution in [0.4, 0.5) is 0 Å². The summed E-state index contributed by atoms with van der Waals surface area (Å²) in [5.74, 6) is 0.632. The number of hydrogen-bond donors (Lipinski definition) is 0. The van der Waals surface area contributed by atoms with Crippen LogP contribution < -0.4 is 4.74 Å². The molecule has 0 unspecified atom stereocenters. The molecule has 52 valence electrons. The van der Waals surface area contributed by atoms with E-state index < -0.39 is 0 Å². The predicted molar refractivity (Wildman–Crippen MR) is 43.3 cm³/mol. The van der Waals surface area contributed by atoms with Gasteiger partial charge in [0.2, 0.25) is 0 Å². The second-order valence-corrected chi connectivity index (χ2v) is 3.77. The van der Waals surface area contributed by atoms with E-state index in [1.165, 1.54) is 11.3 Å². The van der Waals surface area contributed by atoms with Gasteiger partial charge in [0, 0.05) is 5.38 Å². The fourth-order valence-corrected chi connectivity index (χ4v) is 1.93. The maximum Gasteiger partial charge on any atom is 0.161 e. The van der Waals surface area contributed by atoms with Crippen molar-refractivity contribution in [3.63, 3.8) is 0 Å². The Balaban J connectivity index is 3.16. The average Bonchev–Trinajstić information content (AvgIpc) is 2.30. The average molecular weight is 218 g/mol. The highest BCUT2D eigenvalue weighted by molar-refractivity contribution is 9.11. The predicted octanol–water partition coefficient (Wildman–Crippen LogP) is 2.39. The van der Waals surface area contributed by atoms with Gasteiger partial charge in [0.1, 0.15) is 15.4 Å². The first kappa shape index (κ1) is 7.58. The van der Waals surface area contributed by atoms with Gasteiger partial charge in [0.25, 0.3) is 0 Å². The molecule has 0 radical (unpaired) electrons. The van der Waals surface area contributed by atoms with Gasteiger partial charge in [-0.25, -0.2) is 0 Å². The molecule has 1 aromatic heterocycles. The smallest absolute Gasteiger partial charge is 0.161 e. The zero-order valence-corrected chi connectivity index (χ0v) is 7.62. The zero-order chi connectivity index (χ0) is 7.56. The number of rotatable bonds is 1. The van der Waals surface area contributed by atoms with Crippen LogP contribution in [0.1, 0.15) is 5.56 Å². The number of ether oxygens (including phenoxy) is 1. The summed E-state index contributed by atoms with van der Waals surface area (Å²) in [7, 11) is 1.55. The monoisotopic (exact) mass is 217 g/mol. The third-order valence-corrected chi connectivity index (χ3v) is 2.69. The van der Waals surface area contributed by atoms with E-state index in [1.807, 2.05) is 6.07 Å². The minimum Gasteiger partial charge on any atom is -0.493 e. The van der Waals surface area contributed by atoms with Gasteiger partial charge in [0.15, 0.2) is 5.75 Å². The maximum absolute atomic E-state index is 8.52. The molecule has 0 N–H and O–H groups in total. The number of nitriles is 1. The lowest BCUT2D eigenvalue weighted by Crippen LogP contribution is -1.82. The number of methoxy groups -OCH3 is 1. The summed E-state index contributed by atoms with van der Waals surface area (Å²) in [6.45, 7) is 0. The first-order chi connectivity index (χ1) is 4.79. The van der Waals surface area contributed by atoms with E-state index in [9.17, 15) is 0 Å². The molecule has 1 aromatic rings. The van der Waals surface area contributed by atoms with Crippen molar-refractivity contribution in [2.45, 2.75) is 0 Å². The van der Waals surface area contributed by atoms with Crippen molar-refractivity contribution in [1.82, 2.24) is 0 Å². The zero-order valence-electron chi connectivity index (χ0n) is 5.22. The van der Waals surface area contributed by atoms with Crippen molar-refractivity contribution in [1.29, 1.82) is 5.26 Å². The Kier molecular flexibility index (Phi) is 2.30. The summed E-state index contributed by atoms with van der Waals surface area (Å²) < 4.78 is 5.82. The van der Waals surface area contributed by atoms with Gasteiger partial charge in [-0.15, -0.1) is 11.3 Å². The molecule has 0 bridgehead atoms. The molecule has 0 aliphatic carbocycles. The van der Waals surface area contributed by atoms with Gasteiger partial charge in [0.05, 0.1) is 7.11 Å². The SMILES string of the molecule is COc1c(C#N)csc1Br. The molecular weight excluding hydrogens is 214 g/mol. The van der Waals surface area contributed by atoms with Crippen molar-refractivity contribution >= 4 is 27.3 Å². The number of halogens is 1. The Labute approximate surface area is 71.2 Å². The molecule has 0 amide bonds. The van der Waals surface area contributed by atoms with Crippen molar-refractivity contribution in [2.24, 2.45) is 0 Å². The summed E-state index contributed by atoms with van der Waals surface area (Å²) >= 11 is 4.71. The van der Waals surface area contributed by atoms with E-state index >= 15 is 0 Å². The van der Waals surface area contributed by atoms with Gasteiger partial charge in [-0.2, -0.15) is 5.26 Å². The third kappa shape index (κ3) is 1.15. The van der Waals surface area contributed by atoms with Crippen LogP contribution in [-0.2, 0) is 0 Å². The fourth-order valence-electron chi connectivity index (χ4n) is 0.591. The number of hydrogen-bond acceptors (Lipinski definition) is 3. The first-order valence-corrected chi connectivity index (χ1v) is 4.18. The first-order valence-electron chi connectivity index (χ1n) is 2.50. The molecule has 0 aliphatic heterocycles. The van der Waals surface area contributed by atoms with E-state index in [0.29, 0.717) is 11.3 Å². The molecule has 0 aliphatic rings. The largest absolute Gasteiger partial charge is 0.493 e. The Hall–Kier alpha value is -0.530. The highest BCUT2D eigenvalue weighted by atomic mass is 79.9. The van der Waals surface area contributed by atoms with Crippen LogP contribution in [0.15, 0.2) is 9.17 Å². The Morgan fingerprint density at radius 3 is 2.90 bits per heavy atom. The van der Waals surface area contributed by atoms with Crippen molar-refractivity contribution in [3.05, 3.63) is 14.7 Å². The lowest BCUT2D eigenvalue weighted by Gasteiger charge is -1.94. The summed E-state index contributed by atoms with van der Waals surface area (Å²) in [6.07, 6.45) is 0. The molecule has 0 fully saturated rings. The minimum absolute atomic E-state index is 0.583. The highest BCUT2D eigenvalue weighted by Gasteiger charge is 2.07. The quantitative estimate of drug-likeness (QED) is 0.724. The molecular formula is C6H4BrNOS. The van der Waals surface area contributed by atoms with Gasteiger partial charge >= 0.3 is 0 Å². The molecule has 4 heteroatoms. The summed E-state index contributed by atoms with van der Waals surface area (Å²) in [5, 5.41) is 10.3. The second kappa shape index (κ2) is 3.04. The summed E-state index contributed by atoms with van der Waals surface area (Å²) in [4.78, 5) is 0. The molecule has 0 spiro atoms. The lowest BCUT2D eigenvalue weighted by atomic mass is 10.3. The molecule has 10 heavy (non-hydrogen) atoms. The van der Waals surface area contributed by atoms with Gasteiger partial charge in [-0.05, 0) is 15.9 Å². The molecule has 0 atom stereocenters. The standard InChI is InChI=1S/C6H4BrNOS/c1-9-5-4(2-8)3-10-6(5)7/h3H,1H3. The van der Waals surface area contributed by atoms with Crippen LogP contribution in [0.25, 0.3) is 0 Å². The van der Waals surface area contributed by atoms with E-state index in [4.69, 9.17) is 10.00 Å². The maximum atomic E-state index is 8.52. The van der Waals surface area contributed by atoms with Crippen LogP contribution in [0.3, 0.4) is 0 Å². The van der Waals surface area contributed by atoms with E-state index in [0.717, 1.165) is 3.79 Å². The third-order valence-electron chi connectivity index (χ3n) is 1.03. The normalized spacial score (nSPS) is 8.90. The Bertz CT molecular complexity index is 276. The van der Waals surface area contributed by atoms with Crippen molar-refractivity contribution in [2.75, 3.05) is 7.11 Å². The second-order valence-electron chi connectivity index (χ2n) is 1.57. The van der Waals surface area contributed by atoms with Crippen LogP contribution in [-0.4, -0.2) is 7.11 Å². The van der Waals surface area contributed by atoms with Gasteiger partial charge < -0.3 is 4.74 Å². The van der Waals surface area contributed by atoms with Crippen LogP contribution in [0.5, 0.6) is 5.75 Å². The number of nitrogens with zero attached hydrogens (tertiary/aromatic N) is 1. The fraction of sp³-hybridized carbons (Fsp3) is 0.167. The van der Waals surface area contributed by atoms with Crippen LogP contribution in [0.2, 0.25) is 0 Å². The van der Waals surface area contributed by atoms with Crippen LogP contribution in [0, 0.1) is 11.3 Å². The molecule has 0 aromatic carbocycles. The van der Waals surface area contributed by atoms with Crippen molar-refractivity contribution in [3.8, 4) is 11.8 Å². The van der Waals surface area contributed by atoms with E-state index in [1.54, 1.807) is 12.5 Å². The summed E-state index contributed by atoms with van der Waals surface area (Å²) in [6, 6.07) is 2.02. The van der Waals surface area contributed by atoms with E-state index in [2.05, 4.69) is 15.9 Å². The lowest BCUT2D eigenvalue weighted by molar-refractivity contribution is 0.413. The molecule has 0 saturated heterocycles. The Morgan fingerprint density at radius 2 is 2.50 bits per heavy atom. The number of thiophene rings is 1. The summed E-state index contributed by atoms with van der Waals surface area (Å²) in [5.41, 5.74) is 0.583. The molecule has 0 saturated carbocycles.